The van der Waals surface area contributed by atoms with Crippen molar-refractivity contribution in [3.8, 4) is 0 Å². The lowest BCUT2D eigenvalue weighted by Gasteiger charge is -2.26. The Labute approximate surface area is 134 Å². The van der Waals surface area contributed by atoms with Crippen LogP contribution in [0.5, 0.6) is 0 Å². The molecule has 2 aliphatic heterocycles. The molecule has 5 heteroatoms. The van der Waals surface area contributed by atoms with Crippen molar-refractivity contribution in [1.29, 1.82) is 0 Å². The molecule has 2 atom stereocenters. The summed E-state index contributed by atoms with van der Waals surface area (Å²) in [5, 5.41) is 3.47. The highest BCUT2D eigenvalue weighted by Gasteiger charge is 2.33. The zero-order chi connectivity index (χ0) is 13.0. The molecular formula is C14H28IN3O. The van der Waals surface area contributed by atoms with E-state index in [1.54, 1.807) is 0 Å². The molecule has 0 aromatic heterocycles. The van der Waals surface area contributed by atoms with Gasteiger partial charge in [0.25, 0.3) is 0 Å². The Hall–Kier alpha value is -0.0400. The van der Waals surface area contributed by atoms with Gasteiger partial charge in [0.15, 0.2) is 5.96 Å². The van der Waals surface area contributed by atoms with Gasteiger partial charge in [-0.15, -0.1) is 24.0 Å². The summed E-state index contributed by atoms with van der Waals surface area (Å²) in [6.07, 6.45) is 5.26. The van der Waals surface area contributed by atoms with Crippen LogP contribution in [0.25, 0.3) is 0 Å². The second-order valence-corrected chi connectivity index (χ2v) is 5.90. The standard InChI is InChI=1S/C14H27N3O.HI/c1-4-14(2)7-8-17(11-14)13(15-3)16-10-12-6-5-9-18-12;/h12H,4-11H2,1-3H3,(H,15,16);1H. The van der Waals surface area contributed by atoms with E-state index < -0.39 is 0 Å². The van der Waals surface area contributed by atoms with Crippen molar-refractivity contribution >= 4 is 29.9 Å². The molecule has 2 saturated heterocycles. The lowest BCUT2D eigenvalue weighted by Crippen LogP contribution is -2.43. The normalized spacial score (nSPS) is 31.4. The van der Waals surface area contributed by atoms with Crippen molar-refractivity contribution in [2.45, 2.75) is 45.6 Å². The van der Waals surface area contributed by atoms with Gasteiger partial charge in [0.1, 0.15) is 0 Å². The van der Waals surface area contributed by atoms with Gasteiger partial charge in [-0.3, -0.25) is 4.99 Å². The number of aliphatic imine (C=N–C) groups is 1. The van der Waals surface area contributed by atoms with Gasteiger partial charge in [0, 0.05) is 33.3 Å². The summed E-state index contributed by atoms with van der Waals surface area (Å²) in [7, 11) is 1.87. The van der Waals surface area contributed by atoms with E-state index in [0.717, 1.165) is 32.2 Å². The van der Waals surface area contributed by atoms with Crippen LogP contribution in [0, 0.1) is 5.41 Å². The van der Waals surface area contributed by atoms with E-state index in [-0.39, 0.29) is 24.0 Å². The molecule has 4 nitrogen and oxygen atoms in total. The van der Waals surface area contributed by atoms with E-state index in [1.807, 2.05) is 7.05 Å². The zero-order valence-electron chi connectivity index (χ0n) is 12.4. The topological polar surface area (TPSA) is 36.9 Å². The largest absolute Gasteiger partial charge is 0.376 e. The van der Waals surface area contributed by atoms with E-state index in [0.29, 0.717) is 11.5 Å². The minimum absolute atomic E-state index is 0. The maximum Gasteiger partial charge on any atom is 0.193 e. The molecule has 2 unspecified atom stereocenters. The SMILES string of the molecule is CCC1(C)CCN(C(=NC)NCC2CCCO2)C1.I. The number of ether oxygens (including phenoxy) is 1. The number of hydrogen-bond donors (Lipinski definition) is 1. The van der Waals surface area contributed by atoms with E-state index in [4.69, 9.17) is 4.74 Å². The number of rotatable bonds is 3. The number of likely N-dealkylation sites (tertiary alicyclic amines) is 1. The van der Waals surface area contributed by atoms with Crippen molar-refractivity contribution < 1.29 is 4.74 Å². The molecule has 0 amide bonds. The van der Waals surface area contributed by atoms with Gasteiger partial charge in [-0.2, -0.15) is 0 Å². The summed E-state index contributed by atoms with van der Waals surface area (Å²) >= 11 is 0. The fourth-order valence-electron chi connectivity index (χ4n) is 2.84. The first-order valence-electron chi connectivity index (χ1n) is 7.24. The van der Waals surface area contributed by atoms with Gasteiger partial charge in [-0.1, -0.05) is 13.8 Å². The predicted octanol–water partition coefficient (Wildman–Crippen LogP) is 2.48. The van der Waals surface area contributed by atoms with Gasteiger partial charge < -0.3 is 15.0 Å². The molecule has 0 saturated carbocycles. The smallest absolute Gasteiger partial charge is 0.193 e. The highest BCUT2D eigenvalue weighted by Crippen LogP contribution is 2.32. The first-order chi connectivity index (χ1) is 8.67. The van der Waals surface area contributed by atoms with Gasteiger partial charge >= 0.3 is 0 Å². The Bertz CT molecular complexity index is 305. The summed E-state index contributed by atoms with van der Waals surface area (Å²) in [6, 6.07) is 0. The molecule has 0 aromatic rings. The molecule has 0 bridgehead atoms. The van der Waals surface area contributed by atoms with Crippen molar-refractivity contribution in [1.82, 2.24) is 10.2 Å². The molecule has 2 heterocycles. The van der Waals surface area contributed by atoms with E-state index in [2.05, 4.69) is 29.1 Å². The minimum Gasteiger partial charge on any atom is -0.376 e. The predicted molar refractivity (Wildman–Crippen MR) is 90.3 cm³/mol. The van der Waals surface area contributed by atoms with Crippen molar-refractivity contribution in [2.24, 2.45) is 10.4 Å². The maximum absolute atomic E-state index is 5.64. The maximum atomic E-state index is 5.64. The Morgan fingerprint density at radius 1 is 1.53 bits per heavy atom. The van der Waals surface area contributed by atoms with E-state index in [1.165, 1.54) is 25.7 Å². The van der Waals surface area contributed by atoms with Crippen LogP contribution in [0.4, 0.5) is 0 Å². The number of halogens is 1. The molecule has 2 rings (SSSR count). The Morgan fingerprint density at radius 3 is 2.84 bits per heavy atom. The minimum atomic E-state index is 0. The van der Waals surface area contributed by atoms with Gasteiger partial charge in [-0.05, 0) is 31.1 Å². The van der Waals surface area contributed by atoms with Crippen molar-refractivity contribution in [3.63, 3.8) is 0 Å². The van der Waals surface area contributed by atoms with Crippen LogP contribution >= 0.6 is 24.0 Å². The highest BCUT2D eigenvalue weighted by atomic mass is 127. The first kappa shape index (κ1) is 17.0. The fraction of sp³-hybridized carbons (Fsp3) is 0.929. The lowest BCUT2D eigenvalue weighted by molar-refractivity contribution is 0.113. The monoisotopic (exact) mass is 381 g/mol. The third-order valence-electron chi connectivity index (χ3n) is 4.43. The molecule has 2 aliphatic rings. The van der Waals surface area contributed by atoms with Crippen LogP contribution in [0.1, 0.15) is 39.5 Å². The van der Waals surface area contributed by atoms with Crippen LogP contribution in [-0.4, -0.2) is 50.3 Å². The molecule has 0 aliphatic carbocycles. The Kier molecular flexibility index (Phi) is 6.86. The second-order valence-electron chi connectivity index (χ2n) is 5.90. The molecule has 0 spiro atoms. The fourth-order valence-corrected chi connectivity index (χ4v) is 2.84. The molecule has 1 N–H and O–H groups in total. The third-order valence-corrected chi connectivity index (χ3v) is 4.43. The molecular weight excluding hydrogens is 353 g/mol. The van der Waals surface area contributed by atoms with Crippen molar-refractivity contribution in [2.75, 3.05) is 33.3 Å². The van der Waals surface area contributed by atoms with Crippen LogP contribution in [-0.2, 0) is 4.74 Å². The zero-order valence-corrected chi connectivity index (χ0v) is 14.8. The third kappa shape index (κ3) is 4.48. The Balaban J connectivity index is 0.00000180. The molecule has 0 radical (unpaired) electrons. The Morgan fingerprint density at radius 2 is 2.32 bits per heavy atom. The van der Waals surface area contributed by atoms with Crippen LogP contribution in [0.15, 0.2) is 4.99 Å². The van der Waals surface area contributed by atoms with Gasteiger partial charge in [0.05, 0.1) is 6.10 Å². The van der Waals surface area contributed by atoms with E-state index >= 15 is 0 Å². The molecule has 112 valence electrons. The van der Waals surface area contributed by atoms with Crippen LogP contribution in [0.3, 0.4) is 0 Å². The molecule has 0 aromatic carbocycles. The number of hydrogen-bond acceptors (Lipinski definition) is 2. The second kappa shape index (κ2) is 7.67. The lowest BCUT2D eigenvalue weighted by atomic mass is 9.87. The molecule has 2 fully saturated rings. The van der Waals surface area contributed by atoms with Crippen LogP contribution < -0.4 is 5.32 Å². The quantitative estimate of drug-likeness (QED) is 0.464. The summed E-state index contributed by atoms with van der Waals surface area (Å²) < 4.78 is 5.64. The highest BCUT2D eigenvalue weighted by molar-refractivity contribution is 14.0. The number of guanidine groups is 1. The van der Waals surface area contributed by atoms with Gasteiger partial charge in [-0.25, -0.2) is 0 Å². The average Bonchev–Trinajstić information content (AvgIpc) is 3.01. The number of nitrogens with one attached hydrogen (secondary N) is 1. The summed E-state index contributed by atoms with van der Waals surface area (Å²) in [5.41, 5.74) is 0.460. The van der Waals surface area contributed by atoms with E-state index in [9.17, 15) is 0 Å². The van der Waals surface area contributed by atoms with Crippen molar-refractivity contribution in [3.05, 3.63) is 0 Å². The van der Waals surface area contributed by atoms with Crippen LogP contribution in [0.2, 0.25) is 0 Å². The summed E-state index contributed by atoms with van der Waals surface area (Å²) in [5.74, 6) is 1.04. The molecule has 19 heavy (non-hydrogen) atoms. The summed E-state index contributed by atoms with van der Waals surface area (Å²) in [6.45, 7) is 8.71. The average molecular weight is 381 g/mol. The van der Waals surface area contributed by atoms with Gasteiger partial charge in [0.2, 0.25) is 0 Å². The summed E-state index contributed by atoms with van der Waals surface area (Å²) in [4.78, 5) is 6.79. The number of nitrogens with zero attached hydrogens (tertiary/aromatic N) is 2. The first-order valence-corrected chi connectivity index (χ1v) is 7.24.